The van der Waals surface area contributed by atoms with Gasteiger partial charge in [-0.3, -0.25) is 9.59 Å². The lowest BCUT2D eigenvalue weighted by Gasteiger charge is -2.39. The SMILES string of the molecule is CSCC(=O)N1CC[C@]2(CCCN(Cc3ccc(F)cc3)C2=O)C1. The lowest BCUT2D eigenvalue weighted by molar-refractivity contribution is -0.146. The quantitative estimate of drug-likeness (QED) is 0.838. The number of benzene rings is 1. The first-order valence-corrected chi connectivity index (χ1v) is 9.74. The molecule has 0 unspecified atom stereocenters. The third kappa shape index (κ3) is 3.43. The Labute approximate surface area is 146 Å². The van der Waals surface area contributed by atoms with Gasteiger partial charge in [0, 0.05) is 26.2 Å². The maximum Gasteiger partial charge on any atom is 0.232 e. The highest BCUT2D eigenvalue weighted by atomic mass is 32.2. The first-order valence-electron chi connectivity index (χ1n) is 8.35. The van der Waals surface area contributed by atoms with Crippen LogP contribution in [0.4, 0.5) is 4.39 Å². The number of rotatable bonds is 4. The van der Waals surface area contributed by atoms with Crippen molar-refractivity contribution in [3.8, 4) is 0 Å². The molecule has 1 aromatic rings. The van der Waals surface area contributed by atoms with Crippen LogP contribution < -0.4 is 0 Å². The van der Waals surface area contributed by atoms with E-state index in [0.717, 1.165) is 31.4 Å². The fourth-order valence-corrected chi connectivity index (χ4v) is 4.22. The van der Waals surface area contributed by atoms with Crippen molar-refractivity contribution >= 4 is 23.6 Å². The Hall–Kier alpha value is -1.56. The van der Waals surface area contributed by atoms with Crippen LogP contribution in [0.5, 0.6) is 0 Å². The zero-order valence-electron chi connectivity index (χ0n) is 14.0. The van der Waals surface area contributed by atoms with Gasteiger partial charge in [0.15, 0.2) is 0 Å². The fourth-order valence-electron chi connectivity index (χ4n) is 3.79. The highest BCUT2D eigenvalue weighted by Crippen LogP contribution is 2.40. The molecular weight excluding hydrogens is 327 g/mol. The molecule has 0 saturated carbocycles. The van der Waals surface area contributed by atoms with Gasteiger partial charge in [-0.2, -0.15) is 11.8 Å². The maximum atomic E-state index is 13.1. The Kier molecular flexibility index (Phi) is 5.13. The number of nitrogens with zero attached hydrogens (tertiary/aromatic N) is 2. The summed E-state index contributed by atoms with van der Waals surface area (Å²) in [6, 6.07) is 6.31. The summed E-state index contributed by atoms with van der Waals surface area (Å²) in [6.45, 7) is 2.47. The Bertz CT molecular complexity index is 622. The molecule has 0 aromatic heterocycles. The number of halogens is 1. The first-order chi connectivity index (χ1) is 11.5. The summed E-state index contributed by atoms with van der Waals surface area (Å²) in [6.07, 6.45) is 4.48. The van der Waals surface area contributed by atoms with Gasteiger partial charge in [0.2, 0.25) is 11.8 Å². The predicted molar refractivity (Wildman–Crippen MR) is 93.1 cm³/mol. The molecule has 6 heteroatoms. The molecule has 2 saturated heterocycles. The van der Waals surface area contributed by atoms with E-state index in [1.54, 1.807) is 12.1 Å². The van der Waals surface area contributed by atoms with E-state index in [1.165, 1.54) is 23.9 Å². The number of hydrogen-bond acceptors (Lipinski definition) is 3. The van der Waals surface area contributed by atoms with Crippen molar-refractivity contribution in [2.45, 2.75) is 25.8 Å². The van der Waals surface area contributed by atoms with Crippen LogP contribution in [-0.4, -0.2) is 53.3 Å². The van der Waals surface area contributed by atoms with Gasteiger partial charge in [0.25, 0.3) is 0 Å². The molecule has 2 aliphatic heterocycles. The zero-order chi connectivity index (χ0) is 17.2. The van der Waals surface area contributed by atoms with E-state index in [0.29, 0.717) is 25.4 Å². The molecule has 1 aromatic carbocycles. The molecule has 0 radical (unpaired) electrons. The minimum Gasteiger partial charge on any atom is -0.341 e. The van der Waals surface area contributed by atoms with E-state index < -0.39 is 5.41 Å². The minimum absolute atomic E-state index is 0.128. The molecule has 2 amide bonds. The second kappa shape index (κ2) is 7.13. The number of thioether (sulfide) groups is 1. The number of amides is 2. The van der Waals surface area contributed by atoms with Gasteiger partial charge < -0.3 is 9.80 Å². The van der Waals surface area contributed by atoms with Crippen LogP contribution >= 0.6 is 11.8 Å². The Morgan fingerprint density at radius 3 is 2.71 bits per heavy atom. The van der Waals surface area contributed by atoms with Crippen molar-refractivity contribution < 1.29 is 14.0 Å². The zero-order valence-corrected chi connectivity index (χ0v) is 14.8. The summed E-state index contributed by atoms with van der Waals surface area (Å²) < 4.78 is 13.0. The van der Waals surface area contributed by atoms with Crippen molar-refractivity contribution in [1.29, 1.82) is 0 Å². The normalized spacial score (nSPS) is 24.0. The van der Waals surface area contributed by atoms with E-state index in [-0.39, 0.29) is 17.6 Å². The fraction of sp³-hybridized carbons (Fsp3) is 0.556. The third-order valence-electron chi connectivity index (χ3n) is 5.09. The molecule has 1 atom stereocenters. The van der Waals surface area contributed by atoms with Crippen LogP contribution in [0.1, 0.15) is 24.8 Å². The molecular formula is C18H23FN2O2S. The lowest BCUT2D eigenvalue weighted by atomic mass is 9.78. The summed E-state index contributed by atoms with van der Waals surface area (Å²) in [5.74, 6) is 0.489. The largest absolute Gasteiger partial charge is 0.341 e. The van der Waals surface area contributed by atoms with Gasteiger partial charge in [-0.1, -0.05) is 12.1 Å². The molecule has 0 aliphatic carbocycles. The average Bonchev–Trinajstić information content (AvgIpc) is 3.00. The van der Waals surface area contributed by atoms with E-state index in [1.807, 2.05) is 16.1 Å². The summed E-state index contributed by atoms with van der Waals surface area (Å²) >= 11 is 1.52. The van der Waals surface area contributed by atoms with Crippen LogP contribution in [0.15, 0.2) is 24.3 Å². The van der Waals surface area contributed by atoms with Crippen molar-refractivity contribution in [3.63, 3.8) is 0 Å². The molecule has 24 heavy (non-hydrogen) atoms. The van der Waals surface area contributed by atoms with E-state index >= 15 is 0 Å². The first kappa shape index (κ1) is 17.3. The Morgan fingerprint density at radius 2 is 2.00 bits per heavy atom. The smallest absolute Gasteiger partial charge is 0.232 e. The van der Waals surface area contributed by atoms with E-state index in [9.17, 15) is 14.0 Å². The molecule has 4 nitrogen and oxygen atoms in total. The second-order valence-electron chi connectivity index (χ2n) is 6.74. The molecule has 1 spiro atoms. The number of hydrogen-bond donors (Lipinski definition) is 0. The molecule has 0 N–H and O–H groups in total. The van der Waals surface area contributed by atoms with E-state index in [2.05, 4.69) is 0 Å². The summed E-state index contributed by atoms with van der Waals surface area (Å²) in [7, 11) is 0. The molecule has 2 fully saturated rings. The van der Waals surface area contributed by atoms with Crippen molar-refractivity contribution in [2.24, 2.45) is 5.41 Å². The minimum atomic E-state index is -0.410. The number of carbonyl (C=O) groups is 2. The number of piperidine rings is 1. The second-order valence-corrected chi connectivity index (χ2v) is 7.60. The molecule has 130 valence electrons. The van der Waals surface area contributed by atoms with Gasteiger partial charge in [0.1, 0.15) is 5.82 Å². The van der Waals surface area contributed by atoms with Gasteiger partial charge in [-0.05, 0) is 43.2 Å². The van der Waals surface area contributed by atoms with Gasteiger partial charge >= 0.3 is 0 Å². The van der Waals surface area contributed by atoms with Crippen molar-refractivity contribution in [3.05, 3.63) is 35.6 Å². The van der Waals surface area contributed by atoms with Crippen LogP contribution in [0.25, 0.3) is 0 Å². The van der Waals surface area contributed by atoms with Gasteiger partial charge in [0.05, 0.1) is 11.2 Å². The van der Waals surface area contributed by atoms with Crippen LogP contribution in [0.2, 0.25) is 0 Å². The monoisotopic (exact) mass is 350 g/mol. The maximum absolute atomic E-state index is 13.1. The summed E-state index contributed by atoms with van der Waals surface area (Å²) in [5.41, 5.74) is 0.530. The lowest BCUT2D eigenvalue weighted by Crippen LogP contribution is -2.50. The van der Waals surface area contributed by atoms with Gasteiger partial charge in [-0.25, -0.2) is 4.39 Å². The molecule has 0 bridgehead atoms. The molecule has 2 heterocycles. The Balaban J connectivity index is 1.69. The van der Waals surface area contributed by atoms with E-state index in [4.69, 9.17) is 0 Å². The average molecular weight is 350 g/mol. The Morgan fingerprint density at radius 1 is 1.25 bits per heavy atom. The highest BCUT2D eigenvalue weighted by molar-refractivity contribution is 7.99. The van der Waals surface area contributed by atoms with Crippen LogP contribution in [0.3, 0.4) is 0 Å². The summed E-state index contributed by atoms with van der Waals surface area (Å²) in [5, 5.41) is 0. The van der Waals surface area contributed by atoms with Crippen molar-refractivity contribution in [2.75, 3.05) is 31.6 Å². The van der Waals surface area contributed by atoms with Gasteiger partial charge in [-0.15, -0.1) is 0 Å². The topological polar surface area (TPSA) is 40.6 Å². The van der Waals surface area contributed by atoms with Crippen molar-refractivity contribution in [1.82, 2.24) is 9.80 Å². The highest BCUT2D eigenvalue weighted by Gasteiger charge is 2.49. The van der Waals surface area contributed by atoms with Crippen LogP contribution in [-0.2, 0) is 16.1 Å². The molecule has 2 aliphatic rings. The molecule has 3 rings (SSSR count). The number of likely N-dealkylation sites (tertiary alicyclic amines) is 2. The standard InChI is InChI=1S/C18H23FN2O2S/c1-24-12-16(22)21-10-8-18(13-21)7-2-9-20(17(18)23)11-14-3-5-15(19)6-4-14/h3-6H,2,7-13H2,1H3/t18-/m1/s1. The summed E-state index contributed by atoms with van der Waals surface area (Å²) in [4.78, 5) is 28.9. The third-order valence-corrected chi connectivity index (χ3v) is 5.62. The van der Waals surface area contributed by atoms with Crippen LogP contribution in [0, 0.1) is 11.2 Å². The number of carbonyl (C=O) groups excluding carboxylic acids is 2. The predicted octanol–water partition coefficient (Wildman–Crippen LogP) is 2.53.